The van der Waals surface area contributed by atoms with Crippen LogP contribution in [0.5, 0.6) is 0 Å². The first-order valence-corrected chi connectivity index (χ1v) is 7.17. The van der Waals surface area contributed by atoms with Crippen LogP contribution in [0.2, 0.25) is 0 Å². The molecule has 0 bridgehead atoms. The summed E-state index contributed by atoms with van der Waals surface area (Å²) in [5.41, 5.74) is 2.79. The first kappa shape index (κ1) is 15.1. The Bertz CT molecular complexity index is 535. The predicted octanol–water partition coefficient (Wildman–Crippen LogP) is 2.94. The predicted molar refractivity (Wildman–Crippen MR) is 81.4 cm³/mol. The lowest BCUT2D eigenvalue weighted by Gasteiger charge is -2.08. The Hall–Kier alpha value is -2.30. The molecular weight excluding hydrogens is 268 g/mol. The summed E-state index contributed by atoms with van der Waals surface area (Å²) in [5, 5.41) is 14.2. The van der Waals surface area contributed by atoms with E-state index in [9.17, 15) is 9.59 Å². The maximum Gasteiger partial charge on any atom is 0.319 e. The molecule has 0 heterocycles. The molecule has 0 unspecified atom stereocenters. The van der Waals surface area contributed by atoms with Gasteiger partial charge in [0, 0.05) is 12.2 Å². The van der Waals surface area contributed by atoms with Crippen molar-refractivity contribution < 1.29 is 14.7 Å². The van der Waals surface area contributed by atoms with Gasteiger partial charge in [-0.25, -0.2) is 4.79 Å². The van der Waals surface area contributed by atoms with Crippen LogP contribution in [-0.4, -0.2) is 23.7 Å². The summed E-state index contributed by atoms with van der Waals surface area (Å²) in [6, 6.07) is 6.58. The third kappa shape index (κ3) is 5.30. The quantitative estimate of drug-likeness (QED) is 0.704. The van der Waals surface area contributed by atoms with E-state index in [0.29, 0.717) is 17.8 Å². The molecule has 0 aromatic heterocycles. The summed E-state index contributed by atoms with van der Waals surface area (Å²) < 4.78 is 0. The number of hydrogen-bond acceptors (Lipinski definition) is 2. The van der Waals surface area contributed by atoms with Gasteiger partial charge in [-0.15, -0.1) is 0 Å². The number of anilines is 1. The molecule has 0 saturated carbocycles. The highest BCUT2D eigenvalue weighted by atomic mass is 16.4. The molecule has 0 radical (unpaired) electrons. The van der Waals surface area contributed by atoms with E-state index in [1.54, 1.807) is 24.3 Å². The van der Waals surface area contributed by atoms with Gasteiger partial charge in [0.2, 0.25) is 0 Å². The number of benzene rings is 1. The molecule has 112 valence electrons. The standard InChI is InChI=1S/C16H20N2O3/c19-15(20)11-13-5-7-14(8-6-13)18-16(21)17-10-9-12-3-1-2-4-12/h3,5-8H,1-2,4,9-11H2,(H,19,20)(H2,17,18,21). The molecule has 5 heteroatoms. The van der Waals surface area contributed by atoms with Crippen LogP contribution >= 0.6 is 0 Å². The lowest BCUT2D eigenvalue weighted by atomic mass is 10.1. The number of allylic oxidation sites excluding steroid dienone is 1. The number of carboxylic acid groups (broad SMARTS) is 1. The van der Waals surface area contributed by atoms with E-state index in [2.05, 4.69) is 16.7 Å². The minimum absolute atomic E-state index is 0.0123. The molecule has 0 fully saturated rings. The molecule has 1 aliphatic carbocycles. The van der Waals surface area contributed by atoms with Gasteiger partial charge in [0.25, 0.3) is 0 Å². The van der Waals surface area contributed by atoms with Crippen LogP contribution in [0.1, 0.15) is 31.2 Å². The van der Waals surface area contributed by atoms with Crippen molar-refractivity contribution in [3.63, 3.8) is 0 Å². The van der Waals surface area contributed by atoms with Crippen LogP contribution in [0.25, 0.3) is 0 Å². The zero-order valence-electron chi connectivity index (χ0n) is 11.9. The van der Waals surface area contributed by atoms with Crippen molar-refractivity contribution in [1.82, 2.24) is 5.32 Å². The van der Waals surface area contributed by atoms with E-state index >= 15 is 0 Å². The van der Waals surface area contributed by atoms with E-state index in [-0.39, 0.29) is 12.5 Å². The maximum atomic E-state index is 11.7. The van der Waals surface area contributed by atoms with Crippen molar-refractivity contribution in [3.05, 3.63) is 41.5 Å². The van der Waals surface area contributed by atoms with E-state index < -0.39 is 5.97 Å². The van der Waals surface area contributed by atoms with Gasteiger partial charge in [0.1, 0.15) is 0 Å². The van der Waals surface area contributed by atoms with Gasteiger partial charge in [-0.1, -0.05) is 23.8 Å². The summed E-state index contributed by atoms with van der Waals surface area (Å²) in [6.07, 6.45) is 6.68. The second kappa shape index (κ2) is 7.47. The maximum absolute atomic E-state index is 11.7. The first-order valence-electron chi connectivity index (χ1n) is 7.17. The third-order valence-corrected chi connectivity index (χ3v) is 3.43. The van der Waals surface area contributed by atoms with Gasteiger partial charge in [-0.05, 0) is 43.4 Å². The van der Waals surface area contributed by atoms with Crippen LogP contribution in [0.15, 0.2) is 35.9 Å². The van der Waals surface area contributed by atoms with Crippen LogP contribution in [-0.2, 0) is 11.2 Å². The number of carbonyl (C=O) groups is 2. The summed E-state index contributed by atoms with van der Waals surface area (Å²) >= 11 is 0. The fraction of sp³-hybridized carbons (Fsp3) is 0.375. The molecule has 2 rings (SSSR count). The zero-order chi connectivity index (χ0) is 15.1. The highest BCUT2D eigenvalue weighted by molar-refractivity contribution is 5.89. The average molecular weight is 288 g/mol. The molecule has 0 saturated heterocycles. The van der Waals surface area contributed by atoms with E-state index in [1.165, 1.54) is 12.0 Å². The Kier molecular flexibility index (Phi) is 5.37. The van der Waals surface area contributed by atoms with Gasteiger partial charge in [0.15, 0.2) is 0 Å². The SMILES string of the molecule is O=C(O)Cc1ccc(NC(=O)NCCC2=CCCC2)cc1. The zero-order valence-corrected chi connectivity index (χ0v) is 11.9. The molecular formula is C16H20N2O3. The average Bonchev–Trinajstić information content (AvgIpc) is 2.93. The summed E-state index contributed by atoms with van der Waals surface area (Å²) in [6.45, 7) is 0.634. The first-order chi connectivity index (χ1) is 10.1. The van der Waals surface area contributed by atoms with Crippen LogP contribution in [0.4, 0.5) is 10.5 Å². The number of urea groups is 1. The molecule has 3 N–H and O–H groups in total. The molecule has 21 heavy (non-hydrogen) atoms. The molecule has 5 nitrogen and oxygen atoms in total. The molecule has 1 aromatic carbocycles. The van der Waals surface area contributed by atoms with Crippen molar-refractivity contribution in [3.8, 4) is 0 Å². The molecule has 0 spiro atoms. The minimum Gasteiger partial charge on any atom is -0.481 e. The van der Waals surface area contributed by atoms with E-state index in [1.807, 2.05) is 0 Å². The second-order valence-electron chi connectivity index (χ2n) is 5.15. The molecule has 0 aliphatic heterocycles. The van der Waals surface area contributed by atoms with Gasteiger partial charge in [-0.3, -0.25) is 4.79 Å². The van der Waals surface area contributed by atoms with Gasteiger partial charge in [0.05, 0.1) is 6.42 Å². The van der Waals surface area contributed by atoms with Crippen LogP contribution in [0, 0.1) is 0 Å². The third-order valence-electron chi connectivity index (χ3n) is 3.43. The van der Waals surface area contributed by atoms with Crippen molar-refractivity contribution >= 4 is 17.7 Å². The van der Waals surface area contributed by atoms with Crippen molar-refractivity contribution in [1.29, 1.82) is 0 Å². The van der Waals surface area contributed by atoms with Gasteiger partial charge >= 0.3 is 12.0 Å². The molecule has 1 aliphatic rings. The highest BCUT2D eigenvalue weighted by Crippen LogP contribution is 2.19. The Morgan fingerprint density at radius 1 is 1.19 bits per heavy atom. The Morgan fingerprint density at radius 3 is 2.57 bits per heavy atom. The van der Waals surface area contributed by atoms with Crippen molar-refractivity contribution in [2.45, 2.75) is 32.1 Å². The molecule has 2 amide bonds. The normalized spacial score (nSPS) is 13.6. The number of hydrogen-bond donors (Lipinski definition) is 3. The summed E-state index contributed by atoms with van der Waals surface area (Å²) in [5.74, 6) is -0.866. The minimum atomic E-state index is -0.866. The smallest absolute Gasteiger partial charge is 0.319 e. The van der Waals surface area contributed by atoms with Crippen LogP contribution < -0.4 is 10.6 Å². The molecule has 1 aromatic rings. The number of carbonyl (C=O) groups excluding carboxylic acids is 1. The number of amides is 2. The Morgan fingerprint density at radius 2 is 1.95 bits per heavy atom. The Labute approximate surface area is 124 Å². The van der Waals surface area contributed by atoms with Gasteiger partial charge in [-0.2, -0.15) is 0 Å². The lowest BCUT2D eigenvalue weighted by molar-refractivity contribution is -0.136. The Balaban J connectivity index is 1.72. The topological polar surface area (TPSA) is 78.4 Å². The molecule has 0 atom stereocenters. The highest BCUT2D eigenvalue weighted by Gasteiger charge is 2.06. The summed E-state index contributed by atoms with van der Waals surface area (Å²) in [7, 11) is 0. The van der Waals surface area contributed by atoms with Crippen molar-refractivity contribution in [2.24, 2.45) is 0 Å². The number of aliphatic carboxylic acids is 1. The second-order valence-corrected chi connectivity index (χ2v) is 5.15. The fourth-order valence-corrected chi connectivity index (χ4v) is 2.36. The van der Waals surface area contributed by atoms with E-state index in [0.717, 1.165) is 19.3 Å². The van der Waals surface area contributed by atoms with Gasteiger partial charge < -0.3 is 15.7 Å². The largest absolute Gasteiger partial charge is 0.481 e. The fourth-order valence-electron chi connectivity index (χ4n) is 2.36. The lowest BCUT2D eigenvalue weighted by Crippen LogP contribution is -2.29. The number of carboxylic acids is 1. The number of rotatable bonds is 6. The van der Waals surface area contributed by atoms with Crippen LogP contribution in [0.3, 0.4) is 0 Å². The van der Waals surface area contributed by atoms with Crippen molar-refractivity contribution in [2.75, 3.05) is 11.9 Å². The van der Waals surface area contributed by atoms with E-state index in [4.69, 9.17) is 5.11 Å². The summed E-state index contributed by atoms with van der Waals surface area (Å²) in [4.78, 5) is 22.3. The monoisotopic (exact) mass is 288 g/mol. The number of nitrogens with one attached hydrogen (secondary N) is 2.